The maximum Gasteiger partial charge on any atom is 0.249 e. The van der Waals surface area contributed by atoms with E-state index in [2.05, 4.69) is 10.4 Å². The summed E-state index contributed by atoms with van der Waals surface area (Å²) in [5.74, 6) is 0.282. The molecule has 0 spiro atoms. The second-order valence-corrected chi connectivity index (χ2v) is 5.73. The Morgan fingerprint density at radius 1 is 1.12 bits per heavy atom. The highest BCUT2D eigenvalue weighted by atomic mass is 35.5. The second-order valence-electron chi connectivity index (χ2n) is 5.29. The average Bonchev–Trinajstić information content (AvgIpc) is 2.95. The van der Waals surface area contributed by atoms with Crippen LogP contribution in [-0.4, -0.2) is 15.7 Å². The van der Waals surface area contributed by atoms with Crippen LogP contribution in [0.15, 0.2) is 66.7 Å². The minimum atomic E-state index is -0.223. The Bertz CT molecular complexity index is 867. The Hall–Kier alpha value is -2.85. The van der Waals surface area contributed by atoms with Crippen molar-refractivity contribution in [2.24, 2.45) is 0 Å². The Labute approximate surface area is 145 Å². The fourth-order valence-corrected chi connectivity index (χ4v) is 2.41. The zero-order valence-electron chi connectivity index (χ0n) is 13.1. The van der Waals surface area contributed by atoms with Crippen molar-refractivity contribution in [2.75, 3.05) is 5.32 Å². The summed E-state index contributed by atoms with van der Waals surface area (Å²) in [6, 6.07) is 18.8. The van der Waals surface area contributed by atoms with Crippen molar-refractivity contribution in [3.8, 4) is 5.69 Å². The third-order valence-corrected chi connectivity index (χ3v) is 3.69. The average molecular weight is 338 g/mol. The number of hydrogen-bond acceptors (Lipinski definition) is 2. The number of rotatable bonds is 4. The monoisotopic (exact) mass is 337 g/mol. The van der Waals surface area contributed by atoms with Gasteiger partial charge in [-0.15, -0.1) is 5.10 Å². The van der Waals surface area contributed by atoms with Gasteiger partial charge in [0.15, 0.2) is 5.82 Å². The molecule has 5 heteroatoms. The van der Waals surface area contributed by atoms with Gasteiger partial charge in [0.2, 0.25) is 5.91 Å². The molecule has 120 valence electrons. The summed E-state index contributed by atoms with van der Waals surface area (Å²) in [6.45, 7) is 1.93. The van der Waals surface area contributed by atoms with Gasteiger partial charge in [0.25, 0.3) is 0 Å². The normalized spacial score (nSPS) is 10.9. The maximum atomic E-state index is 12.0. The molecule has 4 nitrogen and oxygen atoms in total. The smallest absolute Gasteiger partial charge is 0.249 e. The summed E-state index contributed by atoms with van der Waals surface area (Å²) in [6.07, 6.45) is 3.25. The van der Waals surface area contributed by atoms with Gasteiger partial charge in [0, 0.05) is 22.9 Å². The van der Waals surface area contributed by atoms with Crippen LogP contribution >= 0.6 is 11.6 Å². The molecule has 1 amide bonds. The van der Waals surface area contributed by atoms with E-state index >= 15 is 0 Å². The SMILES string of the molecule is Cc1cc(NC(=O)/C=C/c2ccccc2)nn1-c1ccc(Cl)cc1. The molecule has 0 aliphatic carbocycles. The van der Waals surface area contributed by atoms with Crippen LogP contribution in [0.4, 0.5) is 5.82 Å². The van der Waals surface area contributed by atoms with E-state index in [0.29, 0.717) is 10.8 Å². The molecule has 2 aromatic carbocycles. The lowest BCUT2D eigenvalue weighted by molar-refractivity contribution is -0.111. The summed E-state index contributed by atoms with van der Waals surface area (Å²) in [7, 11) is 0. The highest BCUT2D eigenvalue weighted by Crippen LogP contribution is 2.17. The van der Waals surface area contributed by atoms with Gasteiger partial charge in [0.05, 0.1) is 5.69 Å². The number of aromatic nitrogens is 2. The van der Waals surface area contributed by atoms with E-state index in [1.54, 1.807) is 22.9 Å². The molecule has 3 aromatic rings. The molecule has 0 radical (unpaired) electrons. The van der Waals surface area contributed by atoms with Gasteiger partial charge in [-0.2, -0.15) is 0 Å². The zero-order valence-corrected chi connectivity index (χ0v) is 13.9. The van der Waals surface area contributed by atoms with Gasteiger partial charge in [-0.3, -0.25) is 4.79 Å². The lowest BCUT2D eigenvalue weighted by Gasteiger charge is -2.03. The van der Waals surface area contributed by atoms with E-state index in [1.807, 2.05) is 55.5 Å². The van der Waals surface area contributed by atoms with Gasteiger partial charge in [-0.05, 0) is 42.8 Å². The lowest BCUT2D eigenvalue weighted by Crippen LogP contribution is -2.08. The Morgan fingerprint density at radius 3 is 2.54 bits per heavy atom. The van der Waals surface area contributed by atoms with Crippen molar-refractivity contribution < 1.29 is 4.79 Å². The van der Waals surface area contributed by atoms with Crippen LogP contribution in [-0.2, 0) is 4.79 Å². The fraction of sp³-hybridized carbons (Fsp3) is 0.0526. The van der Waals surface area contributed by atoms with Crippen LogP contribution in [0.2, 0.25) is 5.02 Å². The van der Waals surface area contributed by atoms with Gasteiger partial charge >= 0.3 is 0 Å². The number of benzene rings is 2. The Morgan fingerprint density at radius 2 is 1.83 bits per heavy atom. The first kappa shape index (κ1) is 16.0. The molecule has 1 heterocycles. The van der Waals surface area contributed by atoms with Crippen molar-refractivity contribution in [1.29, 1.82) is 0 Å². The van der Waals surface area contributed by atoms with E-state index in [9.17, 15) is 4.79 Å². The first-order chi connectivity index (χ1) is 11.6. The summed E-state index contributed by atoms with van der Waals surface area (Å²) in [5.41, 5.74) is 2.77. The minimum Gasteiger partial charge on any atom is -0.306 e. The van der Waals surface area contributed by atoms with E-state index < -0.39 is 0 Å². The highest BCUT2D eigenvalue weighted by Gasteiger charge is 2.08. The predicted octanol–water partition coefficient (Wildman–Crippen LogP) is 4.49. The summed E-state index contributed by atoms with van der Waals surface area (Å²) in [4.78, 5) is 12.0. The largest absolute Gasteiger partial charge is 0.306 e. The van der Waals surface area contributed by atoms with E-state index in [0.717, 1.165) is 16.9 Å². The number of amides is 1. The number of halogens is 1. The number of nitrogens with one attached hydrogen (secondary N) is 1. The van der Waals surface area contributed by atoms with E-state index in [-0.39, 0.29) is 5.91 Å². The number of carbonyl (C=O) groups excluding carboxylic acids is 1. The molecule has 3 rings (SSSR count). The van der Waals surface area contributed by atoms with Crippen LogP contribution in [0.3, 0.4) is 0 Å². The molecule has 0 aliphatic heterocycles. The van der Waals surface area contributed by atoms with Crippen molar-refractivity contribution in [2.45, 2.75) is 6.92 Å². The van der Waals surface area contributed by atoms with E-state index in [1.165, 1.54) is 6.08 Å². The van der Waals surface area contributed by atoms with Gasteiger partial charge in [-0.25, -0.2) is 4.68 Å². The van der Waals surface area contributed by atoms with Gasteiger partial charge in [0.1, 0.15) is 0 Å². The first-order valence-electron chi connectivity index (χ1n) is 7.48. The van der Waals surface area contributed by atoms with Crippen molar-refractivity contribution in [3.05, 3.63) is 83.0 Å². The van der Waals surface area contributed by atoms with Crippen LogP contribution in [0, 0.1) is 6.92 Å². The standard InChI is InChI=1S/C19H16ClN3O/c1-14-13-18(22-23(14)17-10-8-16(20)9-11-17)21-19(24)12-7-15-5-3-2-4-6-15/h2-13H,1H3,(H,21,22,24)/b12-7+. The van der Waals surface area contributed by atoms with Crippen LogP contribution in [0.25, 0.3) is 11.8 Å². The molecular weight excluding hydrogens is 322 g/mol. The van der Waals surface area contributed by atoms with Crippen LogP contribution in [0.1, 0.15) is 11.3 Å². The second kappa shape index (κ2) is 7.15. The van der Waals surface area contributed by atoms with Crippen LogP contribution < -0.4 is 5.32 Å². The number of anilines is 1. The number of nitrogens with zero attached hydrogens (tertiary/aromatic N) is 2. The molecule has 1 N–H and O–H groups in total. The molecule has 1 aromatic heterocycles. The minimum absolute atomic E-state index is 0.223. The third-order valence-electron chi connectivity index (χ3n) is 3.44. The van der Waals surface area contributed by atoms with Gasteiger partial charge < -0.3 is 5.32 Å². The first-order valence-corrected chi connectivity index (χ1v) is 7.86. The summed E-state index contributed by atoms with van der Waals surface area (Å²) >= 11 is 5.90. The topological polar surface area (TPSA) is 46.9 Å². The van der Waals surface area contributed by atoms with E-state index in [4.69, 9.17) is 11.6 Å². The predicted molar refractivity (Wildman–Crippen MR) is 97.4 cm³/mol. The molecule has 0 saturated carbocycles. The molecule has 0 unspecified atom stereocenters. The van der Waals surface area contributed by atoms with Crippen molar-refractivity contribution >= 4 is 29.4 Å². The molecular formula is C19H16ClN3O. The molecule has 24 heavy (non-hydrogen) atoms. The number of aryl methyl sites for hydroxylation is 1. The molecule has 0 atom stereocenters. The Kier molecular flexibility index (Phi) is 4.77. The summed E-state index contributed by atoms with van der Waals surface area (Å²) < 4.78 is 1.76. The molecule has 0 saturated heterocycles. The quantitative estimate of drug-likeness (QED) is 0.713. The zero-order chi connectivity index (χ0) is 16.9. The maximum absolute atomic E-state index is 12.0. The number of hydrogen-bond donors (Lipinski definition) is 1. The van der Waals surface area contributed by atoms with Crippen LogP contribution in [0.5, 0.6) is 0 Å². The summed E-state index contributed by atoms with van der Waals surface area (Å²) in [5, 5.41) is 7.85. The Balaban J connectivity index is 1.72. The third kappa shape index (κ3) is 3.91. The molecule has 0 aliphatic rings. The van der Waals surface area contributed by atoms with Crippen molar-refractivity contribution in [1.82, 2.24) is 9.78 Å². The van der Waals surface area contributed by atoms with Gasteiger partial charge in [-0.1, -0.05) is 41.9 Å². The van der Waals surface area contributed by atoms with Crippen molar-refractivity contribution in [3.63, 3.8) is 0 Å². The number of carbonyl (C=O) groups is 1. The highest BCUT2D eigenvalue weighted by molar-refractivity contribution is 6.30. The molecule has 0 bridgehead atoms. The molecule has 0 fully saturated rings. The lowest BCUT2D eigenvalue weighted by atomic mass is 10.2. The fourth-order valence-electron chi connectivity index (χ4n) is 2.28.